The molecule has 21 heavy (non-hydrogen) atoms. The summed E-state index contributed by atoms with van der Waals surface area (Å²) in [6.07, 6.45) is 5.97. The second-order valence-electron chi connectivity index (χ2n) is 6.26. The van der Waals surface area contributed by atoms with Crippen LogP contribution in [0.5, 0.6) is 0 Å². The highest BCUT2D eigenvalue weighted by molar-refractivity contribution is 5.76. The number of carboxylic acid groups (broad SMARTS) is 1. The molecule has 6 heteroatoms. The summed E-state index contributed by atoms with van der Waals surface area (Å²) in [7, 11) is 0. The fraction of sp³-hybridized carbons (Fsp3) is 0.867. The van der Waals surface area contributed by atoms with Crippen LogP contribution in [0.4, 0.5) is 4.79 Å². The lowest BCUT2D eigenvalue weighted by molar-refractivity contribution is -0.137. The molecule has 2 fully saturated rings. The first-order valence-corrected chi connectivity index (χ1v) is 8.07. The average molecular weight is 297 g/mol. The minimum atomic E-state index is -0.883. The van der Waals surface area contributed by atoms with Gasteiger partial charge in [-0.15, -0.1) is 0 Å². The van der Waals surface area contributed by atoms with Gasteiger partial charge < -0.3 is 20.2 Å². The summed E-state index contributed by atoms with van der Waals surface area (Å²) in [5, 5.41) is 11.5. The molecule has 2 saturated heterocycles. The standard InChI is InChI=1S/C15H27N3O3/c1-12(11-14(19)20)16-15(21)18-9-5-13(6-10-18)17-7-3-2-4-8-17/h12-13H,2-11H2,1H3,(H,16,21)(H,19,20). The fourth-order valence-corrected chi connectivity index (χ4v) is 3.33. The summed E-state index contributed by atoms with van der Waals surface area (Å²) < 4.78 is 0. The van der Waals surface area contributed by atoms with Crippen molar-refractivity contribution in [1.82, 2.24) is 15.1 Å². The number of carbonyl (C=O) groups excluding carboxylic acids is 1. The van der Waals surface area contributed by atoms with Crippen molar-refractivity contribution in [2.75, 3.05) is 26.2 Å². The van der Waals surface area contributed by atoms with Gasteiger partial charge >= 0.3 is 12.0 Å². The number of likely N-dealkylation sites (tertiary alicyclic amines) is 2. The molecule has 0 aliphatic carbocycles. The molecule has 2 amide bonds. The first kappa shape index (κ1) is 16.1. The van der Waals surface area contributed by atoms with Gasteiger partial charge in [0, 0.05) is 25.2 Å². The predicted molar refractivity (Wildman–Crippen MR) is 80.3 cm³/mol. The highest BCUT2D eigenvalue weighted by Gasteiger charge is 2.28. The number of hydrogen-bond acceptors (Lipinski definition) is 3. The molecule has 0 spiro atoms. The van der Waals surface area contributed by atoms with Crippen LogP contribution in [0.25, 0.3) is 0 Å². The van der Waals surface area contributed by atoms with E-state index < -0.39 is 5.97 Å². The maximum atomic E-state index is 12.1. The molecule has 1 unspecified atom stereocenters. The predicted octanol–water partition coefficient (Wildman–Crippen LogP) is 1.51. The minimum absolute atomic E-state index is 0.0318. The molecule has 2 heterocycles. The van der Waals surface area contributed by atoms with Crippen molar-refractivity contribution in [3.05, 3.63) is 0 Å². The quantitative estimate of drug-likeness (QED) is 0.825. The van der Waals surface area contributed by atoms with Crippen molar-refractivity contribution in [3.63, 3.8) is 0 Å². The van der Waals surface area contributed by atoms with Crippen molar-refractivity contribution in [1.29, 1.82) is 0 Å². The smallest absolute Gasteiger partial charge is 0.317 e. The van der Waals surface area contributed by atoms with E-state index in [1.54, 1.807) is 6.92 Å². The molecule has 0 saturated carbocycles. The molecule has 0 aromatic heterocycles. The second kappa shape index (κ2) is 7.64. The van der Waals surface area contributed by atoms with Crippen LogP contribution >= 0.6 is 0 Å². The number of rotatable bonds is 4. The SMILES string of the molecule is CC(CC(=O)O)NC(=O)N1CCC(N2CCCCC2)CC1. The Morgan fingerprint density at radius 2 is 1.76 bits per heavy atom. The van der Waals surface area contributed by atoms with E-state index in [1.165, 1.54) is 32.4 Å². The molecule has 2 aliphatic heterocycles. The van der Waals surface area contributed by atoms with E-state index in [0.717, 1.165) is 25.9 Å². The number of hydrogen-bond donors (Lipinski definition) is 2. The Balaban J connectivity index is 1.72. The van der Waals surface area contributed by atoms with Gasteiger partial charge in [-0.3, -0.25) is 4.79 Å². The van der Waals surface area contributed by atoms with Crippen molar-refractivity contribution in [2.24, 2.45) is 0 Å². The van der Waals surface area contributed by atoms with E-state index in [1.807, 2.05) is 4.90 Å². The summed E-state index contributed by atoms with van der Waals surface area (Å²) in [5.41, 5.74) is 0. The Morgan fingerprint density at radius 3 is 2.33 bits per heavy atom. The van der Waals surface area contributed by atoms with Gasteiger partial charge in [-0.05, 0) is 45.7 Å². The van der Waals surface area contributed by atoms with E-state index in [0.29, 0.717) is 6.04 Å². The van der Waals surface area contributed by atoms with Crippen LogP contribution in [-0.2, 0) is 4.79 Å². The minimum Gasteiger partial charge on any atom is -0.481 e. The van der Waals surface area contributed by atoms with Gasteiger partial charge in [0.05, 0.1) is 6.42 Å². The molecule has 0 bridgehead atoms. The van der Waals surface area contributed by atoms with E-state index in [4.69, 9.17) is 5.11 Å². The number of aliphatic carboxylic acids is 1. The van der Waals surface area contributed by atoms with Gasteiger partial charge in [0.15, 0.2) is 0 Å². The van der Waals surface area contributed by atoms with E-state index in [2.05, 4.69) is 10.2 Å². The maximum Gasteiger partial charge on any atom is 0.317 e. The number of carboxylic acids is 1. The summed E-state index contributed by atoms with van der Waals surface area (Å²) in [4.78, 5) is 27.1. The molecule has 0 aromatic rings. The van der Waals surface area contributed by atoms with Crippen LogP contribution in [0.3, 0.4) is 0 Å². The Morgan fingerprint density at radius 1 is 1.14 bits per heavy atom. The van der Waals surface area contributed by atoms with Gasteiger partial charge in [0.1, 0.15) is 0 Å². The summed E-state index contributed by atoms with van der Waals surface area (Å²) in [6.45, 7) is 5.67. The van der Waals surface area contributed by atoms with Gasteiger partial charge in [0.25, 0.3) is 0 Å². The molecule has 6 nitrogen and oxygen atoms in total. The number of nitrogens with zero attached hydrogens (tertiary/aromatic N) is 2. The lowest BCUT2D eigenvalue weighted by Crippen LogP contribution is -2.51. The first-order valence-electron chi connectivity index (χ1n) is 8.07. The molecule has 1 atom stereocenters. The molecule has 0 aromatic carbocycles. The Kier molecular flexibility index (Phi) is 5.85. The monoisotopic (exact) mass is 297 g/mol. The molecule has 120 valence electrons. The number of carbonyl (C=O) groups is 2. The largest absolute Gasteiger partial charge is 0.481 e. The van der Waals surface area contributed by atoms with Crippen molar-refractivity contribution in [2.45, 2.75) is 57.5 Å². The molecule has 0 radical (unpaired) electrons. The van der Waals surface area contributed by atoms with Gasteiger partial charge in [-0.1, -0.05) is 6.42 Å². The normalized spacial score (nSPS) is 22.8. The maximum absolute atomic E-state index is 12.1. The first-order chi connectivity index (χ1) is 10.1. The third kappa shape index (κ3) is 4.88. The fourth-order valence-electron chi connectivity index (χ4n) is 3.33. The molecule has 2 N–H and O–H groups in total. The highest BCUT2D eigenvalue weighted by atomic mass is 16.4. The number of piperidine rings is 2. The molecule has 2 rings (SSSR count). The van der Waals surface area contributed by atoms with Gasteiger partial charge in [0.2, 0.25) is 0 Å². The number of amides is 2. The third-order valence-electron chi connectivity index (χ3n) is 4.51. The number of urea groups is 1. The van der Waals surface area contributed by atoms with Crippen LogP contribution < -0.4 is 5.32 Å². The van der Waals surface area contributed by atoms with Crippen LogP contribution in [0.15, 0.2) is 0 Å². The third-order valence-corrected chi connectivity index (χ3v) is 4.51. The molecular formula is C15H27N3O3. The van der Waals surface area contributed by atoms with Gasteiger partial charge in [-0.2, -0.15) is 0 Å². The highest BCUT2D eigenvalue weighted by Crippen LogP contribution is 2.20. The lowest BCUT2D eigenvalue weighted by atomic mass is 10.00. The topological polar surface area (TPSA) is 72.9 Å². The van der Waals surface area contributed by atoms with E-state index in [9.17, 15) is 9.59 Å². The summed E-state index contributed by atoms with van der Waals surface area (Å²) in [6, 6.07) is 0.168. The Bertz CT molecular complexity index is 361. The van der Waals surface area contributed by atoms with Gasteiger partial charge in [-0.25, -0.2) is 4.79 Å². The number of nitrogens with one attached hydrogen (secondary N) is 1. The summed E-state index contributed by atoms with van der Waals surface area (Å²) in [5.74, 6) is -0.883. The van der Waals surface area contributed by atoms with Crippen LogP contribution in [0.2, 0.25) is 0 Å². The summed E-state index contributed by atoms with van der Waals surface area (Å²) >= 11 is 0. The van der Waals surface area contributed by atoms with Crippen LogP contribution in [0.1, 0.15) is 45.4 Å². The van der Waals surface area contributed by atoms with Crippen LogP contribution in [-0.4, -0.2) is 65.2 Å². The molecular weight excluding hydrogens is 270 g/mol. The van der Waals surface area contributed by atoms with Crippen molar-refractivity contribution < 1.29 is 14.7 Å². The van der Waals surface area contributed by atoms with Crippen LogP contribution in [0, 0.1) is 0 Å². The van der Waals surface area contributed by atoms with Crippen molar-refractivity contribution in [3.8, 4) is 0 Å². The zero-order valence-electron chi connectivity index (χ0n) is 12.9. The van der Waals surface area contributed by atoms with Crippen molar-refractivity contribution >= 4 is 12.0 Å². The zero-order valence-corrected chi connectivity index (χ0v) is 12.9. The Hall–Kier alpha value is -1.30. The van der Waals surface area contributed by atoms with E-state index in [-0.39, 0.29) is 18.5 Å². The lowest BCUT2D eigenvalue weighted by Gasteiger charge is -2.40. The molecule has 2 aliphatic rings. The Labute approximate surface area is 126 Å². The van der Waals surface area contributed by atoms with E-state index >= 15 is 0 Å². The second-order valence-corrected chi connectivity index (χ2v) is 6.26. The zero-order chi connectivity index (χ0) is 15.2. The average Bonchev–Trinajstić information content (AvgIpc) is 2.47.